The molecule has 1 fully saturated rings. The molecule has 0 radical (unpaired) electrons. The van der Waals surface area contributed by atoms with Crippen LogP contribution in [0.5, 0.6) is 11.5 Å². The van der Waals surface area contributed by atoms with Crippen LogP contribution < -0.4 is 9.64 Å². The Morgan fingerprint density at radius 1 is 1.06 bits per heavy atom. The second-order valence-corrected chi connectivity index (χ2v) is 8.49. The lowest BCUT2D eigenvalue weighted by Crippen LogP contribution is -2.27. The largest absolute Gasteiger partial charge is 0.506 e. The molecule has 2 heterocycles. The van der Waals surface area contributed by atoms with Gasteiger partial charge in [0.1, 0.15) is 22.4 Å². The van der Waals surface area contributed by atoms with Gasteiger partial charge in [-0.05, 0) is 60.2 Å². The zero-order valence-electron chi connectivity index (χ0n) is 17.8. The summed E-state index contributed by atoms with van der Waals surface area (Å²) < 4.78 is 5.25. The smallest absolute Gasteiger partial charge is 0.238 e. The molecule has 1 N–H and O–H groups in total. The summed E-state index contributed by atoms with van der Waals surface area (Å²) in [6.07, 6.45) is 1.62. The molecule has 0 bridgehead atoms. The summed E-state index contributed by atoms with van der Waals surface area (Å²) >= 11 is 1.59. The van der Waals surface area contributed by atoms with Gasteiger partial charge in [-0.2, -0.15) is 5.11 Å². The van der Waals surface area contributed by atoms with Crippen LogP contribution in [-0.4, -0.2) is 28.9 Å². The Morgan fingerprint density at radius 2 is 1.91 bits per heavy atom. The molecule has 7 nitrogen and oxygen atoms in total. The standard InChI is InChI=1S/C25H20N4O3S/c1-32-19-9-7-16(8-10-19)25-29(23(31)15-33-25)18-5-2-4-17(14-18)27-28-21-11-12-22(30)24-20(21)6-3-13-26-24/h2-14,25,30H,15H2,1H3. The van der Waals surface area contributed by atoms with Gasteiger partial charge in [-0.3, -0.25) is 14.7 Å². The molecule has 1 saturated heterocycles. The number of benzene rings is 3. The number of pyridine rings is 1. The number of phenols is 1. The number of aromatic nitrogens is 1. The van der Waals surface area contributed by atoms with Crippen LogP contribution in [0.1, 0.15) is 10.9 Å². The lowest BCUT2D eigenvalue weighted by Gasteiger charge is -2.24. The summed E-state index contributed by atoms with van der Waals surface area (Å²) in [5, 5.41) is 19.4. The van der Waals surface area contributed by atoms with Crippen LogP contribution in [0.4, 0.5) is 17.1 Å². The van der Waals surface area contributed by atoms with Gasteiger partial charge in [0.2, 0.25) is 5.91 Å². The van der Waals surface area contributed by atoms with E-state index in [9.17, 15) is 9.90 Å². The molecule has 5 rings (SSSR count). The fraction of sp³-hybridized carbons (Fsp3) is 0.120. The third-order valence-corrected chi connectivity index (χ3v) is 6.59. The maximum atomic E-state index is 12.7. The van der Waals surface area contributed by atoms with E-state index >= 15 is 0 Å². The molecule has 1 aromatic heterocycles. The number of thioether (sulfide) groups is 1. The first-order valence-corrected chi connectivity index (χ1v) is 11.3. The molecule has 0 spiro atoms. The van der Waals surface area contributed by atoms with E-state index < -0.39 is 0 Å². The van der Waals surface area contributed by atoms with Crippen LogP contribution in [0.25, 0.3) is 10.9 Å². The second-order valence-electron chi connectivity index (χ2n) is 7.42. The minimum atomic E-state index is -0.122. The van der Waals surface area contributed by atoms with E-state index in [-0.39, 0.29) is 17.0 Å². The molecule has 1 unspecified atom stereocenters. The van der Waals surface area contributed by atoms with Crippen molar-refractivity contribution in [2.45, 2.75) is 5.37 Å². The summed E-state index contributed by atoms with van der Waals surface area (Å²) in [7, 11) is 1.63. The molecule has 1 aliphatic heterocycles. The number of amides is 1. The van der Waals surface area contributed by atoms with Crippen LogP contribution in [0.2, 0.25) is 0 Å². The van der Waals surface area contributed by atoms with Crippen molar-refractivity contribution in [2.75, 3.05) is 17.8 Å². The van der Waals surface area contributed by atoms with E-state index in [1.807, 2.05) is 54.6 Å². The summed E-state index contributed by atoms with van der Waals surface area (Å²) in [4.78, 5) is 18.8. The zero-order valence-corrected chi connectivity index (χ0v) is 18.6. The van der Waals surface area contributed by atoms with E-state index in [1.54, 1.807) is 48.2 Å². The first-order valence-electron chi connectivity index (χ1n) is 10.3. The minimum Gasteiger partial charge on any atom is -0.506 e. The molecule has 3 aromatic carbocycles. The minimum absolute atomic E-state index is 0.0468. The van der Waals surface area contributed by atoms with E-state index in [0.717, 1.165) is 17.0 Å². The number of rotatable bonds is 5. The van der Waals surface area contributed by atoms with Gasteiger partial charge >= 0.3 is 0 Å². The fourth-order valence-corrected chi connectivity index (χ4v) is 4.94. The predicted molar refractivity (Wildman–Crippen MR) is 130 cm³/mol. The van der Waals surface area contributed by atoms with E-state index in [4.69, 9.17) is 4.74 Å². The van der Waals surface area contributed by atoms with Gasteiger partial charge in [-0.1, -0.05) is 18.2 Å². The number of methoxy groups -OCH3 is 1. The fourth-order valence-electron chi connectivity index (χ4n) is 3.76. The molecular formula is C25H20N4O3S. The molecule has 8 heteroatoms. The summed E-state index contributed by atoms with van der Waals surface area (Å²) in [6.45, 7) is 0. The van der Waals surface area contributed by atoms with Crippen LogP contribution in [0, 0.1) is 0 Å². The highest BCUT2D eigenvalue weighted by Crippen LogP contribution is 2.43. The highest BCUT2D eigenvalue weighted by Gasteiger charge is 2.34. The number of carbonyl (C=O) groups excluding carboxylic acids is 1. The van der Waals surface area contributed by atoms with E-state index in [2.05, 4.69) is 15.2 Å². The first-order chi connectivity index (χ1) is 16.1. The van der Waals surface area contributed by atoms with Crippen molar-refractivity contribution in [2.24, 2.45) is 10.2 Å². The average Bonchev–Trinajstić information content (AvgIpc) is 3.25. The molecule has 1 amide bonds. The van der Waals surface area contributed by atoms with Gasteiger partial charge in [0.25, 0.3) is 0 Å². The number of carbonyl (C=O) groups is 1. The Kier molecular flexibility index (Phi) is 5.66. The van der Waals surface area contributed by atoms with Crippen molar-refractivity contribution in [3.05, 3.63) is 84.6 Å². The van der Waals surface area contributed by atoms with Crippen molar-refractivity contribution >= 4 is 45.6 Å². The Morgan fingerprint density at radius 3 is 2.73 bits per heavy atom. The normalized spacial score (nSPS) is 16.1. The Labute approximate surface area is 194 Å². The van der Waals surface area contributed by atoms with Crippen molar-refractivity contribution in [3.63, 3.8) is 0 Å². The molecule has 1 atom stereocenters. The zero-order chi connectivity index (χ0) is 22.8. The van der Waals surface area contributed by atoms with Crippen molar-refractivity contribution in [1.29, 1.82) is 0 Å². The van der Waals surface area contributed by atoms with Crippen molar-refractivity contribution in [3.8, 4) is 11.5 Å². The molecule has 0 saturated carbocycles. The molecule has 33 heavy (non-hydrogen) atoms. The first kappa shape index (κ1) is 21.0. The van der Waals surface area contributed by atoms with Crippen molar-refractivity contribution < 1.29 is 14.6 Å². The van der Waals surface area contributed by atoms with Gasteiger partial charge in [0.05, 0.1) is 24.2 Å². The number of phenolic OH excluding ortho intramolecular Hbond substituents is 1. The van der Waals surface area contributed by atoms with Crippen LogP contribution >= 0.6 is 11.8 Å². The number of hydrogen-bond acceptors (Lipinski definition) is 7. The third kappa shape index (κ3) is 4.12. The van der Waals surface area contributed by atoms with Gasteiger partial charge in [-0.25, -0.2) is 0 Å². The number of hydrogen-bond donors (Lipinski definition) is 1. The number of aromatic hydroxyl groups is 1. The molecular weight excluding hydrogens is 436 g/mol. The Balaban J connectivity index is 1.45. The van der Waals surface area contributed by atoms with Crippen molar-refractivity contribution in [1.82, 2.24) is 4.98 Å². The monoisotopic (exact) mass is 456 g/mol. The number of ether oxygens (including phenoxy) is 1. The SMILES string of the molecule is COc1ccc(C2SCC(=O)N2c2cccc(N=Nc3ccc(O)c4ncccc34)c2)cc1. The summed E-state index contributed by atoms with van der Waals surface area (Å²) in [5.74, 6) is 1.33. The lowest BCUT2D eigenvalue weighted by molar-refractivity contribution is -0.115. The second kappa shape index (κ2) is 8.91. The van der Waals surface area contributed by atoms with E-state index in [0.29, 0.717) is 28.0 Å². The topological polar surface area (TPSA) is 87.4 Å². The quantitative estimate of drug-likeness (QED) is 0.364. The number of anilines is 1. The Hall–Kier alpha value is -3.91. The van der Waals surface area contributed by atoms with Gasteiger partial charge in [0.15, 0.2) is 0 Å². The third-order valence-electron chi connectivity index (χ3n) is 5.38. The highest BCUT2D eigenvalue weighted by atomic mass is 32.2. The number of azo groups is 1. The van der Waals surface area contributed by atoms with Gasteiger partial charge in [-0.15, -0.1) is 16.9 Å². The maximum Gasteiger partial charge on any atom is 0.238 e. The average molecular weight is 457 g/mol. The lowest BCUT2D eigenvalue weighted by atomic mass is 10.1. The molecule has 164 valence electrons. The van der Waals surface area contributed by atoms with Crippen LogP contribution in [-0.2, 0) is 4.79 Å². The number of nitrogens with zero attached hydrogens (tertiary/aromatic N) is 4. The van der Waals surface area contributed by atoms with Crippen LogP contribution in [0.3, 0.4) is 0 Å². The Bertz CT molecular complexity index is 1360. The molecule has 0 aliphatic carbocycles. The van der Waals surface area contributed by atoms with Crippen LogP contribution in [0.15, 0.2) is 89.2 Å². The number of fused-ring (bicyclic) bond motifs is 1. The van der Waals surface area contributed by atoms with E-state index in [1.165, 1.54) is 0 Å². The summed E-state index contributed by atoms with van der Waals surface area (Å²) in [5.41, 5.74) is 3.49. The highest BCUT2D eigenvalue weighted by molar-refractivity contribution is 8.00. The predicted octanol–water partition coefficient (Wildman–Crippen LogP) is 6.14. The van der Waals surface area contributed by atoms with Gasteiger partial charge < -0.3 is 9.84 Å². The summed E-state index contributed by atoms with van der Waals surface area (Å²) in [6, 6.07) is 22.1. The molecule has 4 aromatic rings. The maximum absolute atomic E-state index is 12.7. The molecule has 1 aliphatic rings. The van der Waals surface area contributed by atoms with Gasteiger partial charge in [0, 0.05) is 17.3 Å².